The molecule has 1 N–H and O–H groups in total. The first-order valence-electron chi connectivity index (χ1n) is 6.51. The molecule has 92 valence electrons. The molecule has 0 spiro atoms. The highest BCUT2D eigenvalue weighted by Crippen LogP contribution is 2.46. The largest absolute Gasteiger partial charge is 0.325 e. The minimum absolute atomic E-state index is 0.0774. The molecule has 1 heterocycles. The summed E-state index contributed by atoms with van der Waals surface area (Å²) in [4.78, 5) is 12.1. The molecule has 1 unspecified atom stereocenters. The first kappa shape index (κ1) is 10.6. The Balaban J connectivity index is 1.75. The van der Waals surface area contributed by atoms with Crippen molar-refractivity contribution in [3.8, 4) is 0 Å². The second kappa shape index (κ2) is 3.82. The van der Waals surface area contributed by atoms with Crippen molar-refractivity contribution >= 4 is 17.7 Å². The Morgan fingerprint density at radius 3 is 2.68 bits per heavy atom. The molecule has 0 aromatic heterocycles. The predicted octanol–water partition coefficient (Wildman–Crippen LogP) is 3.36. The van der Waals surface area contributed by atoms with E-state index in [1.54, 1.807) is 0 Å². The van der Waals surface area contributed by atoms with E-state index >= 15 is 0 Å². The maximum absolute atomic E-state index is 12.1. The molecule has 19 heavy (non-hydrogen) atoms. The van der Waals surface area contributed by atoms with Crippen LogP contribution >= 0.6 is 0 Å². The number of hydrogen-bond acceptors (Lipinski definition) is 1. The van der Waals surface area contributed by atoms with E-state index in [4.69, 9.17) is 0 Å². The van der Waals surface area contributed by atoms with Crippen molar-refractivity contribution in [1.82, 2.24) is 0 Å². The summed E-state index contributed by atoms with van der Waals surface area (Å²) in [6, 6.07) is 16.4. The highest BCUT2D eigenvalue weighted by molar-refractivity contribution is 6.08. The Labute approximate surface area is 111 Å². The molecule has 2 nitrogen and oxygen atoms in total. The van der Waals surface area contributed by atoms with Crippen LogP contribution in [0.15, 0.2) is 54.1 Å². The number of benzene rings is 2. The molecule has 2 aliphatic rings. The van der Waals surface area contributed by atoms with Crippen molar-refractivity contribution in [3.05, 3.63) is 70.8 Å². The van der Waals surface area contributed by atoms with Gasteiger partial charge in [0.15, 0.2) is 0 Å². The maximum atomic E-state index is 12.1. The van der Waals surface area contributed by atoms with E-state index in [1.807, 2.05) is 30.3 Å². The third-order valence-electron chi connectivity index (χ3n) is 3.91. The van der Waals surface area contributed by atoms with Crippen LogP contribution in [0.25, 0.3) is 6.08 Å². The summed E-state index contributed by atoms with van der Waals surface area (Å²) in [5, 5.41) is 2.98. The van der Waals surface area contributed by atoms with Crippen LogP contribution in [0, 0.1) is 0 Å². The molecule has 1 atom stereocenters. The Hall–Kier alpha value is -2.35. The highest BCUT2D eigenvalue weighted by atomic mass is 16.2. The first-order chi connectivity index (χ1) is 9.33. The molecule has 0 saturated heterocycles. The van der Waals surface area contributed by atoms with Crippen LogP contribution in [-0.4, -0.2) is 5.91 Å². The van der Waals surface area contributed by atoms with Crippen molar-refractivity contribution in [1.29, 1.82) is 0 Å². The topological polar surface area (TPSA) is 29.1 Å². The van der Waals surface area contributed by atoms with Gasteiger partial charge >= 0.3 is 0 Å². The zero-order valence-corrected chi connectivity index (χ0v) is 10.4. The average molecular weight is 247 g/mol. The zero-order chi connectivity index (χ0) is 12.8. The normalized spacial score (nSPS) is 19.1. The standard InChI is InChI=1S/C17H13NO/c19-17-16-13(9-11-5-2-1-3-6-11)10-12-7-4-8-14(18-17)15(12)16/h1-8,10,16H,9H2,(H,18,19). The predicted molar refractivity (Wildman–Crippen MR) is 75.9 cm³/mol. The second-order valence-electron chi connectivity index (χ2n) is 5.11. The smallest absolute Gasteiger partial charge is 0.236 e. The van der Waals surface area contributed by atoms with Gasteiger partial charge in [0.2, 0.25) is 5.91 Å². The van der Waals surface area contributed by atoms with Crippen molar-refractivity contribution < 1.29 is 4.79 Å². The van der Waals surface area contributed by atoms with Gasteiger partial charge in [-0.25, -0.2) is 0 Å². The Morgan fingerprint density at radius 1 is 1.00 bits per heavy atom. The SMILES string of the molecule is O=C1Nc2cccc3c2C1C(Cc1ccccc1)=C3. The van der Waals surface area contributed by atoms with Gasteiger partial charge in [-0.15, -0.1) is 0 Å². The molecule has 2 aromatic rings. The molecule has 0 fully saturated rings. The number of carbonyl (C=O) groups is 1. The highest BCUT2D eigenvalue weighted by Gasteiger charge is 2.38. The summed E-state index contributed by atoms with van der Waals surface area (Å²) in [6.07, 6.45) is 3.02. The van der Waals surface area contributed by atoms with Crippen LogP contribution in [0.3, 0.4) is 0 Å². The van der Waals surface area contributed by atoms with Gasteiger partial charge in [-0.2, -0.15) is 0 Å². The minimum Gasteiger partial charge on any atom is -0.325 e. The quantitative estimate of drug-likeness (QED) is 0.866. The third kappa shape index (κ3) is 1.53. The van der Waals surface area contributed by atoms with Crippen LogP contribution in [-0.2, 0) is 11.2 Å². The van der Waals surface area contributed by atoms with E-state index in [2.05, 4.69) is 29.6 Å². The number of amides is 1. The van der Waals surface area contributed by atoms with Gasteiger partial charge in [-0.05, 0) is 34.8 Å². The fourth-order valence-corrected chi connectivity index (χ4v) is 3.10. The van der Waals surface area contributed by atoms with Gasteiger partial charge in [0.25, 0.3) is 0 Å². The molecule has 2 aromatic carbocycles. The van der Waals surface area contributed by atoms with Gasteiger partial charge in [-0.3, -0.25) is 4.79 Å². The monoisotopic (exact) mass is 247 g/mol. The number of hydrogen-bond donors (Lipinski definition) is 1. The third-order valence-corrected chi connectivity index (χ3v) is 3.91. The maximum Gasteiger partial charge on any atom is 0.236 e. The molecule has 1 aliphatic carbocycles. The lowest BCUT2D eigenvalue weighted by Crippen LogP contribution is -2.13. The minimum atomic E-state index is -0.0774. The van der Waals surface area contributed by atoms with Gasteiger partial charge in [0, 0.05) is 5.69 Å². The van der Waals surface area contributed by atoms with E-state index in [0.717, 1.165) is 12.1 Å². The van der Waals surface area contributed by atoms with Gasteiger partial charge in [-0.1, -0.05) is 48.5 Å². The fraction of sp³-hybridized carbons (Fsp3) is 0.118. The Morgan fingerprint density at radius 2 is 1.84 bits per heavy atom. The molecule has 0 saturated carbocycles. The van der Waals surface area contributed by atoms with Gasteiger partial charge < -0.3 is 5.32 Å². The van der Waals surface area contributed by atoms with Crippen LogP contribution in [0.2, 0.25) is 0 Å². The average Bonchev–Trinajstić information content (AvgIpc) is 2.95. The van der Waals surface area contributed by atoms with E-state index in [1.165, 1.54) is 22.3 Å². The number of anilines is 1. The molecular formula is C17H13NO. The second-order valence-corrected chi connectivity index (χ2v) is 5.11. The van der Waals surface area contributed by atoms with Crippen LogP contribution in [0.1, 0.15) is 22.6 Å². The van der Waals surface area contributed by atoms with Gasteiger partial charge in [0.05, 0.1) is 5.92 Å². The number of carbonyl (C=O) groups excluding carboxylic acids is 1. The molecule has 1 amide bonds. The summed E-state index contributed by atoms with van der Waals surface area (Å²) in [6.45, 7) is 0. The summed E-state index contributed by atoms with van der Waals surface area (Å²) < 4.78 is 0. The molecular weight excluding hydrogens is 234 g/mol. The van der Waals surface area contributed by atoms with Crippen LogP contribution < -0.4 is 5.32 Å². The summed E-state index contributed by atoms with van der Waals surface area (Å²) >= 11 is 0. The molecule has 0 bridgehead atoms. The molecule has 1 aliphatic heterocycles. The Bertz CT molecular complexity index is 700. The molecule has 0 radical (unpaired) electrons. The Kier molecular flexibility index (Phi) is 2.12. The zero-order valence-electron chi connectivity index (χ0n) is 10.4. The fourth-order valence-electron chi connectivity index (χ4n) is 3.10. The van der Waals surface area contributed by atoms with Gasteiger partial charge in [0.1, 0.15) is 0 Å². The lowest BCUT2D eigenvalue weighted by Gasteiger charge is -2.09. The van der Waals surface area contributed by atoms with Crippen LogP contribution in [0.5, 0.6) is 0 Å². The summed E-state index contributed by atoms with van der Waals surface area (Å²) in [5.41, 5.74) is 5.78. The number of rotatable bonds is 2. The van der Waals surface area contributed by atoms with E-state index in [0.29, 0.717) is 0 Å². The first-order valence-corrected chi connectivity index (χ1v) is 6.51. The molecule has 4 rings (SSSR count). The lowest BCUT2D eigenvalue weighted by molar-refractivity contribution is -0.116. The van der Waals surface area contributed by atoms with Crippen molar-refractivity contribution in [2.75, 3.05) is 5.32 Å². The summed E-state index contributed by atoms with van der Waals surface area (Å²) in [7, 11) is 0. The van der Waals surface area contributed by atoms with Crippen molar-refractivity contribution in [3.63, 3.8) is 0 Å². The van der Waals surface area contributed by atoms with Crippen molar-refractivity contribution in [2.45, 2.75) is 12.3 Å². The summed E-state index contributed by atoms with van der Waals surface area (Å²) in [5.74, 6) is 0.0357. The van der Waals surface area contributed by atoms with Crippen molar-refractivity contribution in [2.24, 2.45) is 0 Å². The van der Waals surface area contributed by atoms with Crippen LogP contribution in [0.4, 0.5) is 5.69 Å². The lowest BCUT2D eigenvalue weighted by atomic mass is 9.93. The number of nitrogens with one attached hydrogen (secondary N) is 1. The van der Waals surface area contributed by atoms with E-state index < -0.39 is 0 Å². The van der Waals surface area contributed by atoms with E-state index in [9.17, 15) is 4.79 Å². The molecule has 2 heteroatoms. The van der Waals surface area contributed by atoms with E-state index in [-0.39, 0.29) is 11.8 Å².